The van der Waals surface area contributed by atoms with Crippen molar-refractivity contribution in [3.05, 3.63) is 60.2 Å². The average Bonchev–Trinajstić information content (AvgIpc) is 2.96. The third-order valence-electron chi connectivity index (χ3n) is 2.89. The second-order valence-corrected chi connectivity index (χ2v) is 4.28. The summed E-state index contributed by atoms with van der Waals surface area (Å²) in [6.45, 7) is 0.499. The van der Waals surface area contributed by atoms with E-state index in [1.54, 1.807) is 4.68 Å². The molecule has 1 heterocycles. The Bertz CT molecular complexity index is 692. The molecule has 0 radical (unpaired) electrons. The van der Waals surface area contributed by atoms with E-state index in [9.17, 15) is 0 Å². The number of nitrogens with zero attached hydrogens (tertiary/aromatic N) is 4. The molecule has 3 N–H and O–H groups in total. The number of tetrazole rings is 1. The van der Waals surface area contributed by atoms with Crippen LogP contribution < -0.4 is 11.1 Å². The largest absolute Gasteiger partial charge is 0.326 e. The van der Waals surface area contributed by atoms with Crippen molar-refractivity contribution in [2.45, 2.75) is 6.54 Å². The minimum Gasteiger partial charge on any atom is -0.326 e. The van der Waals surface area contributed by atoms with Crippen LogP contribution in [-0.2, 0) is 6.54 Å². The molecule has 3 rings (SSSR count). The highest BCUT2D eigenvalue weighted by Crippen LogP contribution is 2.17. The minimum atomic E-state index is 0.499. The van der Waals surface area contributed by atoms with E-state index in [1.165, 1.54) is 0 Å². The van der Waals surface area contributed by atoms with Gasteiger partial charge < -0.3 is 11.1 Å². The second-order valence-electron chi connectivity index (χ2n) is 4.28. The zero-order chi connectivity index (χ0) is 13.8. The Labute approximate surface area is 116 Å². The maximum atomic E-state index is 5.64. The first-order chi connectivity index (χ1) is 9.86. The van der Waals surface area contributed by atoms with Gasteiger partial charge in [-0.1, -0.05) is 35.4 Å². The van der Waals surface area contributed by atoms with Crippen LogP contribution in [0, 0.1) is 0 Å². The number of nitrogens with one attached hydrogen (secondary N) is 1. The predicted molar refractivity (Wildman–Crippen MR) is 76.8 cm³/mol. The van der Waals surface area contributed by atoms with E-state index in [1.807, 2.05) is 54.6 Å². The molecule has 0 spiro atoms. The Morgan fingerprint density at radius 1 is 1.05 bits per heavy atom. The molecule has 6 nitrogen and oxygen atoms in total. The zero-order valence-electron chi connectivity index (χ0n) is 10.8. The molecule has 0 aliphatic carbocycles. The molecule has 0 bridgehead atoms. The molecule has 0 fully saturated rings. The third kappa shape index (κ3) is 2.50. The quantitative estimate of drug-likeness (QED) is 0.753. The van der Waals surface area contributed by atoms with E-state index in [2.05, 4.69) is 20.8 Å². The lowest BCUT2D eigenvalue weighted by atomic mass is 10.2. The maximum Gasteiger partial charge on any atom is 0.252 e. The second kappa shape index (κ2) is 5.50. The molecule has 0 saturated heterocycles. The van der Waals surface area contributed by atoms with Gasteiger partial charge in [-0.05, 0) is 40.3 Å². The highest BCUT2D eigenvalue weighted by atomic mass is 15.6. The standard InChI is InChI=1S/C14H14N6/c15-10-11-5-4-6-12(9-11)16-14-17-18-19-20(14)13-7-2-1-3-8-13/h1-9H,10,15H2,(H,16,17,19). The molecule has 0 amide bonds. The van der Waals surface area contributed by atoms with Crippen LogP contribution in [0.15, 0.2) is 54.6 Å². The molecule has 0 aliphatic heterocycles. The van der Waals surface area contributed by atoms with Crippen molar-refractivity contribution in [1.29, 1.82) is 0 Å². The van der Waals surface area contributed by atoms with Gasteiger partial charge in [0, 0.05) is 12.2 Å². The van der Waals surface area contributed by atoms with Crippen molar-refractivity contribution in [2.24, 2.45) is 5.73 Å². The Balaban J connectivity index is 1.90. The normalized spacial score (nSPS) is 10.4. The van der Waals surface area contributed by atoms with Gasteiger partial charge in [-0.2, -0.15) is 4.68 Å². The number of nitrogens with two attached hydrogens (primary N) is 1. The molecule has 2 aromatic carbocycles. The Morgan fingerprint density at radius 3 is 2.70 bits per heavy atom. The molecule has 0 unspecified atom stereocenters. The number of anilines is 2. The van der Waals surface area contributed by atoms with Crippen LogP contribution in [-0.4, -0.2) is 20.2 Å². The van der Waals surface area contributed by atoms with Gasteiger partial charge >= 0.3 is 0 Å². The molecular formula is C14H14N6. The number of para-hydroxylation sites is 1. The third-order valence-corrected chi connectivity index (χ3v) is 2.89. The number of rotatable bonds is 4. The van der Waals surface area contributed by atoms with E-state index < -0.39 is 0 Å². The summed E-state index contributed by atoms with van der Waals surface area (Å²) < 4.78 is 1.65. The van der Waals surface area contributed by atoms with Crippen molar-refractivity contribution in [3.8, 4) is 5.69 Å². The van der Waals surface area contributed by atoms with Gasteiger partial charge in [0.05, 0.1) is 5.69 Å². The smallest absolute Gasteiger partial charge is 0.252 e. The molecular weight excluding hydrogens is 252 g/mol. The van der Waals surface area contributed by atoms with E-state index in [-0.39, 0.29) is 0 Å². The van der Waals surface area contributed by atoms with Crippen molar-refractivity contribution >= 4 is 11.6 Å². The summed E-state index contributed by atoms with van der Waals surface area (Å²) in [5.74, 6) is 0.561. The van der Waals surface area contributed by atoms with Crippen LogP contribution in [0.4, 0.5) is 11.6 Å². The summed E-state index contributed by atoms with van der Waals surface area (Å²) in [4.78, 5) is 0. The van der Waals surface area contributed by atoms with Crippen LogP contribution in [0.25, 0.3) is 5.69 Å². The fourth-order valence-electron chi connectivity index (χ4n) is 1.91. The first-order valence-electron chi connectivity index (χ1n) is 6.26. The van der Waals surface area contributed by atoms with Crippen LogP contribution >= 0.6 is 0 Å². The van der Waals surface area contributed by atoms with Crippen LogP contribution in [0.1, 0.15) is 5.56 Å². The van der Waals surface area contributed by atoms with E-state index >= 15 is 0 Å². The molecule has 20 heavy (non-hydrogen) atoms. The molecule has 0 atom stereocenters. The topological polar surface area (TPSA) is 81.7 Å². The Hall–Kier alpha value is -2.73. The van der Waals surface area contributed by atoms with E-state index in [0.29, 0.717) is 12.5 Å². The van der Waals surface area contributed by atoms with Crippen LogP contribution in [0.2, 0.25) is 0 Å². The molecule has 0 saturated carbocycles. The van der Waals surface area contributed by atoms with Crippen LogP contribution in [0.3, 0.4) is 0 Å². The summed E-state index contributed by atoms with van der Waals surface area (Å²) in [5, 5.41) is 14.9. The zero-order valence-corrected chi connectivity index (χ0v) is 10.8. The van der Waals surface area contributed by atoms with Crippen molar-refractivity contribution in [1.82, 2.24) is 20.2 Å². The lowest BCUT2D eigenvalue weighted by Gasteiger charge is -2.07. The SMILES string of the molecule is NCc1cccc(Nc2nnnn2-c2ccccc2)c1. The van der Waals surface area contributed by atoms with Gasteiger partial charge in [0.25, 0.3) is 5.95 Å². The molecule has 100 valence electrons. The monoisotopic (exact) mass is 266 g/mol. The Kier molecular flexibility index (Phi) is 3.38. The summed E-state index contributed by atoms with van der Waals surface area (Å²) in [6.07, 6.45) is 0. The summed E-state index contributed by atoms with van der Waals surface area (Å²) >= 11 is 0. The average molecular weight is 266 g/mol. The number of aromatic nitrogens is 4. The van der Waals surface area contributed by atoms with Crippen molar-refractivity contribution < 1.29 is 0 Å². The first-order valence-corrected chi connectivity index (χ1v) is 6.26. The maximum absolute atomic E-state index is 5.64. The lowest BCUT2D eigenvalue weighted by molar-refractivity contribution is 0.791. The highest BCUT2D eigenvalue weighted by Gasteiger charge is 2.07. The van der Waals surface area contributed by atoms with Gasteiger partial charge in [0.2, 0.25) is 0 Å². The van der Waals surface area contributed by atoms with Gasteiger partial charge in [-0.15, -0.1) is 0 Å². The van der Waals surface area contributed by atoms with E-state index in [0.717, 1.165) is 16.9 Å². The highest BCUT2D eigenvalue weighted by molar-refractivity contribution is 5.55. The molecule has 1 aromatic heterocycles. The summed E-state index contributed by atoms with van der Waals surface area (Å²) in [7, 11) is 0. The lowest BCUT2D eigenvalue weighted by Crippen LogP contribution is -2.04. The van der Waals surface area contributed by atoms with Gasteiger partial charge in [-0.3, -0.25) is 0 Å². The number of hydrogen-bond donors (Lipinski definition) is 2. The Morgan fingerprint density at radius 2 is 1.90 bits per heavy atom. The first kappa shape index (κ1) is 12.3. The van der Waals surface area contributed by atoms with E-state index in [4.69, 9.17) is 5.73 Å². The predicted octanol–water partition coefficient (Wildman–Crippen LogP) is 1.86. The fourth-order valence-corrected chi connectivity index (χ4v) is 1.91. The molecule has 0 aliphatic rings. The summed E-state index contributed by atoms with van der Waals surface area (Å²) in [6, 6.07) is 17.6. The van der Waals surface area contributed by atoms with Crippen LogP contribution in [0.5, 0.6) is 0 Å². The van der Waals surface area contributed by atoms with Gasteiger partial charge in [-0.25, -0.2) is 0 Å². The number of benzene rings is 2. The minimum absolute atomic E-state index is 0.499. The van der Waals surface area contributed by atoms with Gasteiger partial charge in [0.1, 0.15) is 0 Å². The van der Waals surface area contributed by atoms with Crippen molar-refractivity contribution in [2.75, 3.05) is 5.32 Å². The number of hydrogen-bond acceptors (Lipinski definition) is 5. The van der Waals surface area contributed by atoms with Crippen molar-refractivity contribution in [3.63, 3.8) is 0 Å². The fraction of sp³-hybridized carbons (Fsp3) is 0.0714. The van der Waals surface area contributed by atoms with Gasteiger partial charge in [0.15, 0.2) is 0 Å². The molecule has 6 heteroatoms. The molecule has 3 aromatic rings. The summed E-state index contributed by atoms with van der Waals surface area (Å²) in [5.41, 5.74) is 8.49.